The Bertz CT molecular complexity index is 970. The predicted octanol–water partition coefficient (Wildman–Crippen LogP) is 3.98. The van der Waals surface area contributed by atoms with Crippen LogP contribution in [0.4, 0.5) is 5.69 Å². The Morgan fingerprint density at radius 2 is 1.90 bits per heavy atom. The summed E-state index contributed by atoms with van der Waals surface area (Å²) in [6.07, 6.45) is 4.98. The molecule has 0 atom stereocenters. The molecule has 2 aromatic carbocycles. The van der Waals surface area contributed by atoms with Gasteiger partial charge in [0.25, 0.3) is 15.9 Å². The van der Waals surface area contributed by atoms with Crippen molar-refractivity contribution in [3.8, 4) is 0 Å². The van der Waals surface area contributed by atoms with Gasteiger partial charge in [-0.05, 0) is 61.4 Å². The molecule has 1 heterocycles. The van der Waals surface area contributed by atoms with E-state index >= 15 is 0 Å². The first-order chi connectivity index (χ1) is 13.9. The van der Waals surface area contributed by atoms with Crippen molar-refractivity contribution in [1.29, 1.82) is 0 Å². The number of benzene rings is 2. The number of hydrogen-bond acceptors (Lipinski definition) is 5. The van der Waals surface area contributed by atoms with Crippen molar-refractivity contribution >= 4 is 33.4 Å². The maximum absolute atomic E-state index is 13.0. The fraction of sp³-hybridized carbons (Fsp3) is 0.381. The number of nitrogens with zero attached hydrogens (tertiary/aromatic N) is 1. The zero-order chi connectivity index (χ0) is 20.9. The molecule has 0 aliphatic carbocycles. The molecule has 0 unspecified atom stereocenters. The lowest BCUT2D eigenvalue weighted by atomic mass is 10.1. The largest absolute Gasteiger partial charge is 0.380 e. The SMILES string of the molecule is COCc1cccc(NS(=O)(=O)c2ccc(SC)c(C(=O)N3CCCCC3)c2)c1. The number of nitrogens with one attached hydrogen (secondary N) is 1. The number of hydrogen-bond donors (Lipinski definition) is 1. The standard InChI is InChI=1S/C21H26N2O4S2/c1-27-15-16-7-6-8-17(13-16)22-29(25,26)18-9-10-20(28-2)19(14-18)21(24)23-11-4-3-5-12-23/h6-10,13-14,22H,3-5,11-12,15H2,1-2H3. The van der Waals surface area contributed by atoms with Gasteiger partial charge in [-0.3, -0.25) is 9.52 Å². The van der Waals surface area contributed by atoms with Crippen LogP contribution in [-0.2, 0) is 21.4 Å². The van der Waals surface area contributed by atoms with Crippen LogP contribution >= 0.6 is 11.8 Å². The molecular weight excluding hydrogens is 408 g/mol. The van der Waals surface area contributed by atoms with Crippen LogP contribution in [0.1, 0.15) is 35.2 Å². The molecule has 6 nitrogen and oxygen atoms in total. The van der Waals surface area contributed by atoms with Gasteiger partial charge in [-0.1, -0.05) is 12.1 Å². The summed E-state index contributed by atoms with van der Waals surface area (Å²) in [5, 5.41) is 0. The minimum atomic E-state index is -3.83. The molecule has 0 aromatic heterocycles. The van der Waals surface area contributed by atoms with Crippen LogP contribution in [0.5, 0.6) is 0 Å². The van der Waals surface area contributed by atoms with E-state index in [4.69, 9.17) is 4.74 Å². The number of amides is 1. The van der Waals surface area contributed by atoms with Crippen LogP contribution in [0.3, 0.4) is 0 Å². The molecule has 8 heteroatoms. The third-order valence-corrected chi connectivity index (χ3v) is 7.02. The molecule has 0 saturated carbocycles. The number of likely N-dealkylation sites (tertiary alicyclic amines) is 1. The number of ether oxygens (including phenoxy) is 1. The summed E-state index contributed by atoms with van der Waals surface area (Å²) in [7, 11) is -2.24. The summed E-state index contributed by atoms with van der Waals surface area (Å²) in [6, 6.07) is 11.8. The van der Waals surface area contributed by atoms with Gasteiger partial charge in [0.15, 0.2) is 0 Å². The van der Waals surface area contributed by atoms with E-state index in [-0.39, 0.29) is 10.8 Å². The number of sulfonamides is 1. The van der Waals surface area contributed by atoms with Gasteiger partial charge in [-0.15, -0.1) is 11.8 Å². The zero-order valence-corrected chi connectivity index (χ0v) is 18.3. The fourth-order valence-electron chi connectivity index (χ4n) is 3.39. The van der Waals surface area contributed by atoms with Crippen molar-refractivity contribution < 1.29 is 17.9 Å². The molecule has 1 amide bonds. The normalized spacial score (nSPS) is 14.6. The van der Waals surface area contributed by atoms with Crippen molar-refractivity contribution in [1.82, 2.24) is 4.90 Å². The minimum Gasteiger partial charge on any atom is -0.380 e. The van der Waals surface area contributed by atoms with Gasteiger partial charge in [0.05, 0.1) is 17.1 Å². The molecule has 1 aliphatic rings. The molecule has 1 saturated heterocycles. The quantitative estimate of drug-likeness (QED) is 0.667. The lowest BCUT2D eigenvalue weighted by Gasteiger charge is -2.27. The minimum absolute atomic E-state index is 0.0767. The smallest absolute Gasteiger partial charge is 0.261 e. The fourth-order valence-corrected chi connectivity index (χ4v) is 5.04. The molecule has 0 radical (unpaired) electrons. The van der Waals surface area contributed by atoms with Gasteiger partial charge in [0, 0.05) is 30.8 Å². The molecule has 1 fully saturated rings. The van der Waals surface area contributed by atoms with Gasteiger partial charge in [0.2, 0.25) is 0 Å². The maximum atomic E-state index is 13.0. The summed E-state index contributed by atoms with van der Waals surface area (Å²) < 4.78 is 33.6. The third kappa shape index (κ3) is 5.32. The second-order valence-electron chi connectivity index (χ2n) is 6.95. The zero-order valence-electron chi connectivity index (χ0n) is 16.7. The summed E-state index contributed by atoms with van der Waals surface area (Å²) in [5.74, 6) is -0.104. The molecule has 3 rings (SSSR count). The van der Waals surface area contributed by atoms with Crippen molar-refractivity contribution in [2.75, 3.05) is 31.2 Å². The van der Waals surface area contributed by atoms with Gasteiger partial charge in [0.1, 0.15) is 0 Å². The molecular formula is C21H26N2O4S2. The van der Waals surface area contributed by atoms with Gasteiger partial charge < -0.3 is 9.64 Å². The molecule has 1 N–H and O–H groups in total. The van der Waals surface area contributed by atoms with E-state index in [1.54, 1.807) is 37.4 Å². The van der Waals surface area contributed by atoms with Crippen molar-refractivity contribution in [2.24, 2.45) is 0 Å². The van der Waals surface area contributed by atoms with Crippen LogP contribution in [0.2, 0.25) is 0 Å². The van der Waals surface area contributed by atoms with E-state index in [1.807, 2.05) is 17.2 Å². The topological polar surface area (TPSA) is 75.7 Å². The average molecular weight is 435 g/mol. The number of thioether (sulfide) groups is 1. The molecule has 0 bridgehead atoms. The Labute approximate surface area is 176 Å². The Morgan fingerprint density at radius 3 is 2.59 bits per heavy atom. The van der Waals surface area contributed by atoms with Crippen LogP contribution in [0.15, 0.2) is 52.3 Å². The first-order valence-electron chi connectivity index (χ1n) is 9.52. The first-order valence-corrected chi connectivity index (χ1v) is 12.2. The number of carbonyl (C=O) groups excluding carboxylic acids is 1. The van der Waals surface area contributed by atoms with Gasteiger partial charge in [-0.2, -0.15) is 0 Å². The highest BCUT2D eigenvalue weighted by molar-refractivity contribution is 7.98. The van der Waals surface area contributed by atoms with Crippen molar-refractivity contribution in [2.45, 2.75) is 35.7 Å². The highest BCUT2D eigenvalue weighted by Crippen LogP contribution is 2.27. The average Bonchev–Trinajstić information content (AvgIpc) is 2.73. The van der Waals surface area contributed by atoms with Crippen LogP contribution < -0.4 is 4.72 Å². The lowest BCUT2D eigenvalue weighted by Crippen LogP contribution is -2.36. The highest BCUT2D eigenvalue weighted by Gasteiger charge is 2.24. The summed E-state index contributed by atoms with van der Waals surface area (Å²) in [6.45, 7) is 1.83. The van der Waals surface area contributed by atoms with E-state index in [0.717, 1.165) is 29.7 Å². The Morgan fingerprint density at radius 1 is 1.14 bits per heavy atom. The lowest BCUT2D eigenvalue weighted by molar-refractivity contribution is 0.0720. The first kappa shape index (κ1) is 21.7. The summed E-state index contributed by atoms with van der Waals surface area (Å²) >= 11 is 1.44. The number of piperidine rings is 1. The summed E-state index contributed by atoms with van der Waals surface area (Å²) in [5.41, 5.74) is 1.76. The maximum Gasteiger partial charge on any atom is 0.261 e. The summed E-state index contributed by atoms with van der Waals surface area (Å²) in [4.78, 5) is 15.7. The Balaban J connectivity index is 1.89. The molecule has 2 aromatic rings. The molecule has 29 heavy (non-hydrogen) atoms. The highest BCUT2D eigenvalue weighted by atomic mass is 32.2. The van der Waals surface area contributed by atoms with E-state index in [2.05, 4.69) is 4.72 Å². The molecule has 0 spiro atoms. The molecule has 1 aliphatic heterocycles. The van der Waals surface area contributed by atoms with E-state index in [9.17, 15) is 13.2 Å². The third-order valence-electron chi connectivity index (χ3n) is 4.85. The van der Waals surface area contributed by atoms with Crippen molar-refractivity contribution in [3.05, 3.63) is 53.6 Å². The van der Waals surface area contributed by atoms with E-state index in [0.29, 0.717) is 30.9 Å². The second kappa shape index (κ2) is 9.65. The Hall–Kier alpha value is -2.03. The number of methoxy groups -OCH3 is 1. The number of anilines is 1. The van der Waals surface area contributed by atoms with Crippen LogP contribution in [-0.4, -0.2) is 45.7 Å². The number of carbonyl (C=O) groups is 1. The van der Waals surface area contributed by atoms with Gasteiger partial charge in [-0.25, -0.2) is 8.42 Å². The van der Waals surface area contributed by atoms with E-state index < -0.39 is 10.0 Å². The van der Waals surface area contributed by atoms with Crippen molar-refractivity contribution in [3.63, 3.8) is 0 Å². The predicted molar refractivity (Wildman–Crippen MR) is 116 cm³/mol. The monoisotopic (exact) mass is 434 g/mol. The second-order valence-corrected chi connectivity index (χ2v) is 9.48. The van der Waals surface area contributed by atoms with Gasteiger partial charge >= 0.3 is 0 Å². The van der Waals surface area contributed by atoms with Crippen LogP contribution in [0.25, 0.3) is 0 Å². The van der Waals surface area contributed by atoms with Crippen LogP contribution in [0, 0.1) is 0 Å². The Kier molecular flexibility index (Phi) is 7.21. The molecule has 156 valence electrons. The number of rotatable bonds is 7. The van der Waals surface area contributed by atoms with E-state index in [1.165, 1.54) is 17.8 Å².